The zero-order valence-electron chi connectivity index (χ0n) is 21.8. The molecule has 7 nitrogen and oxygen atoms in total. The number of aromatic nitrogens is 2. The molecule has 2 aromatic heterocycles. The van der Waals surface area contributed by atoms with Crippen molar-refractivity contribution in [1.29, 1.82) is 0 Å². The van der Waals surface area contributed by atoms with Crippen LogP contribution in [-0.2, 0) is 6.42 Å². The third-order valence-corrected chi connectivity index (χ3v) is 6.66. The third kappa shape index (κ3) is 5.73. The summed E-state index contributed by atoms with van der Waals surface area (Å²) in [6.07, 6.45) is 3.45. The summed E-state index contributed by atoms with van der Waals surface area (Å²) in [5.41, 5.74) is 10.2. The summed E-state index contributed by atoms with van der Waals surface area (Å²) in [6.45, 7) is 2.97. The quantitative estimate of drug-likeness (QED) is 0.353. The van der Waals surface area contributed by atoms with Crippen molar-refractivity contribution in [2.24, 2.45) is 5.73 Å². The summed E-state index contributed by atoms with van der Waals surface area (Å²) in [4.78, 5) is 36.4. The van der Waals surface area contributed by atoms with E-state index in [0.29, 0.717) is 54.8 Å². The molecule has 192 valence electrons. The van der Waals surface area contributed by atoms with E-state index in [1.54, 1.807) is 10.6 Å². The first-order chi connectivity index (χ1) is 17.9. The highest BCUT2D eigenvalue weighted by atomic mass is 16.2. The standard InChI is InChI=1S/C30H35N5O2/c1-4-26(34(20-10-18-31)29(36)23-14-16-24(17-15-23)33(2)3)28-25(21-22-11-6-5-7-12-22)30(37)35-19-9-8-13-27(35)32-28/h5-9,11-17,19,26H,4,10,18,20-21,31H2,1-3H3. The molecule has 2 N–H and O–H groups in total. The fraction of sp³-hybridized carbons (Fsp3) is 0.300. The SMILES string of the molecule is CCC(c1nc2ccccn2c(=O)c1Cc1ccccc1)N(CCCN)C(=O)c1ccc(N(C)C)cc1. The molecule has 4 rings (SSSR count). The number of pyridine rings is 1. The molecule has 37 heavy (non-hydrogen) atoms. The molecular formula is C30H35N5O2. The van der Waals surface area contributed by atoms with E-state index in [1.807, 2.05) is 104 Å². The van der Waals surface area contributed by atoms with Crippen LogP contribution in [0.25, 0.3) is 5.65 Å². The number of fused-ring (bicyclic) bond motifs is 1. The molecule has 0 saturated carbocycles. The van der Waals surface area contributed by atoms with Crippen LogP contribution >= 0.6 is 0 Å². The summed E-state index contributed by atoms with van der Waals surface area (Å²) in [5, 5.41) is 0. The Labute approximate surface area is 218 Å². The predicted octanol–water partition coefficient (Wildman–Crippen LogP) is 4.29. The van der Waals surface area contributed by atoms with Gasteiger partial charge in [0, 0.05) is 50.1 Å². The van der Waals surface area contributed by atoms with Crippen LogP contribution in [0.5, 0.6) is 0 Å². The number of anilines is 1. The van der Waals surface area contributed by atoms with E-state index in [2.05, 4.69) is 0 Å². The Morgan fingerprint density at radius 3 is 2.35 bits per heavy atom. The molecule has 0 spiro atoms. The van der Waals surface area contributed by atoms with Gasteiger partial charge >= 0.3 is 0 Å². The second kappa shape index (κ2) is 11.8. The molecule has 0 saturated heterocycles. The molecule has 1 unspecified atom stereocenters. The van der Waals surface area contributed by atoms with Gasteiger partial charge in [0.05, 0.1) is 11.7 Å². The number of rotatable bonds is 10. The summed E-state index contributed by atoms with van der Waals surface area (Å²) in [6, 6.07) is 22.6. The second-order valence-corrected chi connectivity index (χ2v) is 9.38. The van der Waals surface area contributed by atoms with Crippen LogP contribution in [0.2, 0.25) is 0 Å². The second-order valence-electron chi connectivity index (χ2n) is 9.38. The van der Waals surface area contributed by atoms with Crippen molar-refractivity contribution in [3.8, 4) is 0 Å². The Morgan fingerprint density at radius 1 is 1.00 bits per heavy atom. The maximum Gasteiger partial charge on any atom is 0.261 e. The van der Waals surface area contributed by atoms with Crippen LogP contribution in [0.15, 0.2) is 83.8 Å². The molecule has 7 heteroatoms. The average molecular weight is 498 g/mol. The number of hydrogen-bond acceptors (Lipinski definition) is 5. The Hall–Kier alpha value is -3.97. The average Bonchev–Trinajstić information content (AvgIpc) is 2.93. The highest BCUT2D eigenvalue weighted by molar-refractivity contribution is 5.95. The number of hydrogen-bond donors (Lipinski definition) is 1. The molecule has 0 aliphatic rings. The van der Waals surface area contributed by atoms with Crippen LogP contribution in [-0.4, -0.2) is 47.4 Å². The van der Waals surface area contributed by atoms with E-state index in [0.717, 1.165) is 11.3 Å². The molecule has 0 fully saturated rings. The molecule has 2 heterocycles. The molecule has 2 aromatic carbocycles. The van der Waals surface area contributed by atoms with Gasteiger partial charge < -0.3 is 15.5 Å². The summed E-state index contributed by atoms with van der Waals surface area (Å²) in [5.74, 6) is -0.0914. The van der Waals surface area contributed by atoms with Crippen molar-refractivity contribution in [1.82, 2.24) is 14.3 Å². The van der Waals surface area contributed by atoms with Crippen molar-refractivity contribution in [3.05, 3.63) is 112 Å². The number of benzene rings is 2. The van der Waals surface area contributed by atoms with E-state index in [-0.39, 0.29) is 17.5 Å². The smallest absolute Gasteiger partial charge is 0.261 e. The molecule has 4 aromatic rings. The van der Waals surface area contributed by atoms with Gasteiger partial charge in [-0.15, -0.1) is 0 Å². The first kappa shape index (κ1) is 26.1. The first-order valence-electron chi connectivity index (χ1n) is 12.8. The monoisotopic (exact) mass is 497 g/mol. The molecule has 0 aliphatic heterocycles. The third-order valence-electron chi connectivity index (χ3n) is 6.66. The lowest BCUT2D eigenvalue weighted by atomic mass is 9.97. The largest absolute Gasteiger partial charge is 0.378 e. The van der Waals surface area contributed by atoms with Gasteiger partial charge in [0.25, 0.3) is 11.5 Å². The molecule has 0 aliphatic carbocycles. The summed E-state index contributed by atoms with van der Waals surface area (Å²) in [7, 11) is 3.94. The number of amides is 1. The van der Waals surface area contributed by atoms with Gasteiger partial charge in [-0.25, -0.2) is 4.98 Å². The number of nitrogens with zero attached hydrogens (tertiary/aromatic N) is 4. The minimum absolute atomic E-state index is 0.0914. The van der Waals surface area contributed by atoms with Crippen molar-refractivity contribution >= 4 is 17.2 Å². The van der Waals surface area contributed by atoms with E-state index in [9.17, 15) is 9.59 Å². The highest BCUT2D eigenvalue weighted by Gasteiger charge is 2.29. The Kier molecular flexibility index (Phi) is 8.36. The lowest BCUT2D eigenvalue weighted by Crippen LogP contribution is -2.38. The van der Waals surface area contributed by atoms with E-state index >= 15 is 0 Å². The predicted molar refractivity (Wildman–Crippen MR) is 149 cm³/mol. The van der Waals surface area contributed by atoms with Gasteiger partial charge in [0.2, 0.25) is 0 Å². The van der Waals surface area contributed by atoms with Gasteiger partial charge in [-0.2, -0.15) is 0 Å². The maximum atomic E-state index is 13.9. The molecule has 1 atom stereocenters. The van der Waals surface area contributed by atoms with Gasteiger partial charge in [-0.1, -0.05) is 43.3 Å². The van der Waals surface area contributed by atoms with Gasteiger partial charge in [-0.05, 0) is 61.3 Å². The molecular weight excluding hydrogens is 462 g/mol. The normalized spacial score (nSPS) is 11.9. The lowest BCUT2D eigenvalue weighted by Gasteiger charge is -2.32. The van der Waals surface area contributed by atoms with Crippen molar-refractivity contribution < 1.29 is 4.79 Å². The molecule has 0 bridgehead atoms. The van der Waals surface area contributed by atoms with Crippen LogP contribution in [0, 0.1) is 0 Å². The van der Waals surface area contributed by atoms with Crippen LogP contribution < -0.4 is 16.2 Å². The fourth-order valence-electron chi connectivity index (χ4n) is 4.67. The minimum Gasteiger partial charge on any atom is -0.378 e. The fourth-order valence-corrected chi connectivity index (χ4v) is 4.67. The van der Waals surface area contributed by atoms with Crippen LogP contribution in [0.4, 0.5) is 5.69 Å². The number of nitrogens with two attached hydrogens (primary N) is 1. The minimum atomic E-state index is -0.371. The lowest BCUT2D eigenvalue weighted by molar-refractivity contribution is 0.0664. The number of carbonyl (C=O) groups is 1. The molecule has 1 amide bonds. The Bertz CT molecular complexity index is 1400. The van der Waals surface area contributed by atoms with Crippen LogP contribution in [0.3, 0.4) is 0 Å². The Morgan fingerprint density at radius 2 is 1.70 bits per heavy atom. The van der Waals surface area contributed by atoms with Crippen LogP contribution in [0.1, 0.15) is 53.0 Å². The first-order valence-corrected chi connectivity index (χ1v) is 12.8. The topological polar surface area (TPSA) is 83.9 Å². The maximum absolute atomic E-state index is 13.9. The van der Waals surface area contributed by atoms with Gasteiger partial charge in [0.15, 0.2) is 0 Å². The molecule has 0 radical (unpaired) electrons. The van der Waals surface area contributed by atoms with Crippen molar-refractivity contribution in [2.75, 3.05) is 32.1 Å². The van der Waals surface area contributed by atoms with Gasteiger partial charge in [-0.3, -0.25) is 14.0 Å². The highest BCUT2D eigenvalue weighted by Crippen LogP contribution is 2.28. The Balaban J connectivity index is 1.83. The van der Waals surface area contributed by atoms with E-state index < -0.39 is 0 Å². The van der Waals surface area contributed by atoms with Crippen molar-refractivity contribution in [2.45, 2.75) is 32.2 Å². The number of carbonyl (C=O) groups excluding carboxylic acids is 1. The van der Waals surface area contributed by atoms with Crippen molar-refractivity contribution in [3.63, 3.8) is 0 Å². The van der Waals surface area contributed by atoms with Gasteiger partial charge in [0.1, 0.15) is 5.65 Å². The zero-order valence-corrected chi connectivity index (χ0v) is 21.8. The van der Waals surface area contributed by atoms with E-state index in [4.69, 9.17) is 10.7 Å². The van der Waals surface area contributed by atoms with E-state index in [1.165, 1.54) is 0 Å². The summed E-state index contributed by atoms with van der Waals surface area (Å²) < 4.78 is 1.58. The zero-order chi connectivity index (χ0) is 26.4. The summed E-state index contributed by atoms with van der Waals surface area (Å²) >= 11 is 0.